The van der Waals surface area contributed by atoms with Crippen LogP contribution in [0.25, 0.3) is 10.8 Å². The molecule has 2 aromatic heterocycles. The maximum absolute atomic E-state index is 10.3. The molecule has 18 heavy (non-hydrogen) atoms. The van der Waals surface area contributed by atoms with Crippen molar-refractivity contribution in [2.45, 2.75) is 20.5 Å². The van der Waals surface area contributed by atoms with Crippen molar-refractivity contribution in [3.8, 4) is 10.8 Å². The number of carboxylic acid groups (broad SMARTS) is 1. The van der Waals surface area contributed by atoms with E-state index in [2.05, 4.69) is 10.2 Å². The van der Waals surface area contributed by atoms with Gasteiger partial charge in [0.1, 0.15) is 13.2 Å². The molecule has 0 aliphatic rings. The minimum Gasteiger partial charge on any atom is -0.480 e. The predicted octanol–water partition coefficient (Wildman–Crippen LogP) is 2.02. The molecule has 2 rings (SSSR count). The first-order chi connectivity index (χ1) is 8.56. The van der Waals surface area contributed by atoms with E-state index in [9.17, 15) is 4.79 Å². The van der Waals surface area contributed by atoms with Crippen molar-refractivity contribution in [2.24, 2.45) is 0 Å². The molecule has 2 aromatic rings. The van der Waals surface area contributed by atoms with Crippen LogP contribution < -0.4 is 0 Å². The fraction of sp³-hybridized carbons (Fsp3) is 0.364. The van der Waals surface area contributed by atoms with Gasteiger partial charge in [0.25, 0.3) is 5.89 Å². The van der Waals surface area contributed by atoms with E-state index in [-0.39, 0.29) is 19.1 Å². The highest BCUT2D eigenvalue weighted by molar-refractivity contribution is 7.15. The lowest BCUT2D eigenvalue weighted by Gasteiger charge is -1.94. The lowest BCUT2D eigenvalue weighted by Crippen LogP contribution is -2.06. The third-order valence-corrected chi connectivity index (χ3v) is 3.44. The number of hydrogen-bond donors (Lipinski definition) is 1. The molecule has 0 amide bonds. The summed E-state index contributed by atoms with van der Waals surface area (Å²) in [4.78, 5) is 12.4. The van der Waals surface area contributed by atoms with Crippen molar-refractivity contribution >= 4 is 17.3 Å². The zero-order chi connectivity index (χ0) is 13.1. The van der Waals surface area contributed by atoms with Crippen LogP contribution in [0.2, 0.25) is 0 Å². The van der Waals surface area contributed by atoms with E-state index in [0.29, 0.717) is 5.89 Å². The number of nitrogens with zero attached hydrogens (tertiary/aromatic N) is 2. The monoisotopic (exact) mass is 268 g/mol. The SMILES string of the molecule is Cc1cc(-c2nnc(COCC(=O)O)o2)sc1C. The second kappa shape index (κ2) is 5.28. The summed E-state index contributed by atoms with van der Waals surface area (Å²) in [5, 5.41) is 16.1. The average Bonchev–Trinajstić information content (AvgIpc) is 2.87. The van der Waals surface area contributed by atoms with Gasteiger partial charge in [0, 0.05) is 4.88 Å². The molecule has 0 radical (unpaired) electrons. The molecule has 0 saturated heterocycles. The smallest absolute Gasteiger partial charge is 0.329 e. The number of rotatable bonds is 5. The third kappa shape index (κ3) is 2.93. The van der Waals surface area contributed by atoms with Crippen LogP contribution in [0.4, 0.5) is 0 Å². The Balaban J connectivity index is 2.03. The minimum atomic E-state index is -1.03. The van der Waals surface area contributed by atoms with E-state index in [1.807, 2.05) is 19.9 Å². The first kappa shape index (κ1) is 12.7. The van der Waals surface area contributed by atoms with Gasteiger partial charge in [-0.2, -0.15) is 0 Å². The number of aliphatic carboxylic acids is 1. The molecular weight excluding hydrogens is 256 g/mol. The first-order valence-corrected chi connectivity index (χ1v) is 6.07. The van der Waals surface area contributed by atoms with E-state index in [1.165, 1.54) is 10.4 Å². The Labute approximate surface area is 107 Å². The third-order valence-electron chi connectivity index (χ3n) is 2.29. The van der Waals surface area contributed by atoms with Crippen molar-refractivity contribution in [1.29, 1.82) is 0 Å². The number of aromatic nitrogens is 2. The fourth-order valence-corrected chi connectivity index (χ4v) is 2.27. The van der Waals surface area contributed by atoms with Gasteiger partial charge in [-0.25, -0.2) is 4.79 Å². The normalized spacial score (nSPS) is 10.8. The summed E-state index contributed by atoms with van der Waals surface area (Å²) >= 11 is 1.58. The standard InChI is InChI=1S/C11H12N2O4S/c1-6-3-8(18-7(6)2)11-13-12-9(17-11)4-16-5-10(14)15/h3H,4-5H2,1-2H3,(H,14,15). The van der Waals surface area contributed by atoms with Crippen molar-refractivity contribution in [1.82, 2.24) is 10.2 Å². The zero-order valence-corrected chi connectivity index (χ0v) is 10.8. The number of carboxylic acids is 1. The van der Waals surface area contributed by atoms with Gasteiger partial charge in [0.05, 0.1) is 4.88 Å². The summed E-state index contributed by atoms with van der Waals surface area (Å²) in [6, 6.07) is 1.98. The van der Waals surface area contributed by atoms with Crippen LogP contribution in [0, 0.1) is 13.8 Å². The summed E-state index contributed by atoms with van der Waals surface area (Å²) in [5.41, 5.74) is 1.18. The van der Waals surface area contributed by atoms with Crippen molar-refractivity contribution in [3.05, 3.63) is 22.4 Å². The van der Waals surface area contributed by atoms with E-state index >= 15 is 0 Å². The lowest BCUT2D eigenvalue weighted by atomic mass is 10.3. The van der Waals surface area contributed by atoms with Gasteiger partial charge in [0.2, 0.25) is 5.89 Å². The summed E-state index contributed by atoms with van der Waals surface area (Å²) in [6.45, 7) is 3.66. The topological polar surface area (TPSA) is 85.5 Å². The Morgan fingerprint density at radius 3 is 2.89 bits per heavy atom. The molecule has 0 unspecified atom stereocenters. The Morgan fingerprint density at radius 2 is 2.28 bits per heavy atom. The van der Waals surface area contributed by atoms with Crippen molar-refractivity contribution in [3.63, 3.8) is 0 Å². The van der Waals surface area contributed by atoms with Crippen LogP contribution in [0.5, 0.6) is 0 Å². The van der Waals surface area contributed by atoms with Crippen LogP contribution in [0.3, 0.4) is 0 Å². The highest BCUT2D eigenvalue weighted by atomic mass is 32.1. The summed E-state index contributed by atoms with van der Waals surface area (Å²) < 4.78 is 10.3. The molecule has 0 aromatic carbocycles. The Morgan fingerprint density at radius 1 is 1.50 bits per heavy atom. The number of thiophene rings is 1. The lowest BCUT2D eigenvalue weighted by molar-refractivity contribution is -0.142. The molecule has 0 bridgehead atoms. The van der Waals surface area contributed by atoms with Crippen LogP contribution >= 0.6 is 11.3 Å². The van der Waals surface area contributed by atoms with Gasteiger partial charge in [-0.15, -0.1) is 21.5 Å². The highest BCUT2D eigenvalue weighted by Crippen LogP contribution is 2.29. The summed E-state index contributed by atoms with van der Waals surface area (Å²) in [7, 11) is 0. The molecule has 96 valence electrons. The predicted molar refractivity (Wildman–Crippen MR) is 64.4 cm³/mol. The van der Waals surface area contributed by atoms with Gasteiger partial charge >= 0.3 is 5.97 Å². The fourth-order valence-electron chi connectivity index (χ4n) is 1.32. The number of ether oxygens (including phenoxy) is 1. The summed E-state index contributed by atoms with van der Waals surface area (Å²) in [5.74, 6) is -0.320. The Bertz CT molecular complexity index is 542. The second-order valence-electron chi connectivity index (χ2n) is 3.74. The molecule has 0 saturated carbocycles. The van der Waals surface area contributed by atoms with Crippen molar-refractivity contribution < 1.29 is 19.1 Å². The molecule has 6 nitrogen and oxygen atoms in total. The molecule has 2 heterocycles. The van der Waals surface area contributed by atoms with E-state index in [4.69, 9.17) is 14.3 Å². The maximum Gasteiger partial charge on any atom is 0.329 e. The molecular formula is C11H12N2O4S. The Kier molecular flexibility index (Phi) is 3.73. The van der Waals surface area contributed by atoms with Gasteiger partial charge in [-0.05, 0) is 25.5 Å². The van der Waals surface area contributed by atoms with Crippen LogP contribution in [-0.2, 0) is 16.1 Å². The quantitative estimate of drug-likeness (QED) is 0.892. The number of hydrogen-bond acceptors (Lipinski definition) is 6. The minimum absolute atomic E-state index is 0.00262. The first-order valence-electron chi connectivity index (χ1n) is 5.25. The second-order valence-corrected chi connectivity index (χ2v) is 4.99. The van der Waals surface area contributed by atoms with Gasteiger partial charge in [-0.3, -0.25) is 0 Å². The molecule has 0 fully saturated rings. The van der Waals surface area contributed by atoms with E-state index < -0.39 is 5.97 Å². The molecule has 0 aliphatic carbocycles. The van der Waals surface area contributed by atoms with Gasteiger partial charge in [-0.1, -0.05) is 0 Å². The van der Waals surface area contributed by atoms with Gasteiger partial charge in [0.15, 0.2) is 0 Å². The van der Waals surface area contributed by atoms with Crippen LogP contribution in [0.1, 0.15) is 16.3 Å². The number of carbonyl (C=O) groups is 1. The Hall–Kier alpha value is -1.73. The van der Waals surface area contributed by atoms with E-state index in [1.54, 1.807) is 11.3 Å². The number of aryl methyl sites for hydroxylation is 2. The molecule has 0 aliphatic heterocycles. The van der Waals surface area contributed by atoms with Crippen LogP contribution in [0.15, 0.2) is 10.5 Å². The molecule has 0 atom stereocenters. The molecule has 7 heteroatoms. The summed E-state index contributed by atoms with van der Waals surface area (Å²) in [6.07, 6.45) is 0. The maximum atomic E-state index is 10.3. The zero-order valence-electron chi connectivity index (χ0n) is 9.97. The van der Waals surface area contributed by atoms with E-state index in [0.717, 1.165) is 4.88 Å². The largest absolute Gasteiger partial charge is 0.480 e. The average molecular weight is 268 g/mol. The van der Waals surface area contributed by atoms with Crippen molar-refractivity contribution in [2.75, 3.05) is 6.61 Å². The van der Waals surface area contributed by atoms with Crippen LogP contribution in [-0.4, -0.2) is 27.9 Å². The molecule has 0 spiro atoms. The van der Waals surface area contributed by atoms with Gasteiger partial charge < -0.3 is 14.3 Å². The highest BCUT2D eigenvalue weighted by Gasteiger charge is 2.12. The molecule has 1 N–H and O–H groups in total.